The first kappa shape index (κ1) is 8.73. The number of hydrogen-bond donors (Lipinski definition) is 0. The molecule has 2 radical (unpaired) electrons. The molecule has 68 valence electrons. The molecular weight excluding hydrogens is 162 g/mol. The van der Waals surface area contributed by atoms with Gasteiger partial charge in [0.05, 0.1) is 6.61 Å². The maximum absolute atomic E-state index is 5.05. The highest BCUT2D eigenvalue weighted by Gasteiger charge is 2.10. The zero-order chi connectivity index (χ0) is 8.93. The molecule has 0 unspecified atom stereocenters. The van der Waals surface area contributed by atoms with Crippen molar-refractivity contribution < 1.29 is 4.74 Å². The summed E-state index contributed by atoms with van der Waals surface area (Å²) in [4.78, 5) is 2.32. The minimum absolute atomic E-state index is 0.771. The van der Waals surface area contributed by atoms with E-state index >= 15 is 0 Å². The molecule has 1 aromatic rings. The van der Waals surface area contributed by atoms with Crippen molar-refractivity contribution in [2.24, 2.45) is 0 Å². The molecule has 13 heavy (non-hydrogen) atoms. The number of nitrogens with zero attached hydrogens (tertiary/aromatic N) is 1. The SMILES string of the molecule is [C]1CN(Cc2ccccc2)CCO1. The van der Waals surface area contributed by atoms with Gasteiger partial charge in [-0.1, -0.05) is 30.3 Å². The van der Waals surface area contributed by atoms with Crippen LogP contribution in [0.25, 0.3) is 0 Å². The zero-order valence-corrected chi connectivity index (χ0v) is 7.57. The Labute approximate surface area is 79.1 Å². The third kappa shape index (κ3) is 2.54. The molecule has 0 amide bonds. The molecule has 0 spiro atoms. The smallest absolute Gasteiger partial charge is 0.147 e. The van der Waals surface area contributed by atoms with Crippen LogP contribution in [-0.4, -0.2) is 24.6 Å². The van der Waals surface area contributed by atoms with E-state index in [1.54, 1.807) is 0 Å². The van der Waals surface area contributed by atoms with Gasteiger partial charge in [-0.2, -0.15) is 0 Å². The van der Waals surface area contributed by atoms with E-state index in [2.05, 4.69) is 35.8 Å². The quantitative estimate of drug-likeness (QED) is 0.676. The second-order valence-corrected chi connectivity index (χ2v) is 3.19. The molecular formula is C11H13NO. The monoisotopic (exact) mass is 175 g/mol. The average Bonchev–Trinajstić information content (AvgIpc) is 2.21. The number of benzene rings is 1. The lowest BCUT2D eigenvalue weighted by atomic mass is 10.2. The zero-order valence-electron chi connectivity index (χ0n) is 7.57. The van der Waals surface area contributed by atoms with Crippen LogP contribution in [0.1, 0.15) is 5.56 Å². The first-order valence-corrected chi connectivity index (χ1v) is 4.56. The molecule has 1 aromatic carbocycles. The first-order chi connectivity index (χ1) is 6.45. The maximum Gasteiger partial charge on any atom is 0.147 e. The van der Waals surface area contributed by atoms with E-state index in [1.165, 1.54) is 5.56 Å². The lowest BCUT2D eigenvalue weighted by Crippen LogP contribution is -2.33. The number of morpholine rings is 1. The standard InChI is InChI=1S/C11H13NO/c1-2-4-11(5-3-1)10-12-6-8-13-9-7-12/h1-5H,6-8,10H2. The summed E-state index contributed by atoms with van der Waals surface area (Å²) in [7, 11) is 0. The highest BCUT2D eigenvalue weighted by Crippen LogP contribution is 2.07. The van der Waals surface area contributed by atoms with Crippen molar-refractivity contribution in [3.63, 3.8) is 0 Å². The molecule has 2 nitrogen and oxygen atoms in total. The van der Waals surface area contributed by atoms with Crippen LogP contribution in [0, 0.1) is 6.61 Å². The predicted molar refractivity (Wildman–Crippen MR) is 50.9 cm³/mol. The Kier molecular flexibility index (Phi) is 2.95. The second-order valence-electron chi connectivity index (χ2n) is 3.19. The Bertz CT molecular complexity index is 242. The molecule has 0 aromatic heterocycles. The van der Waals surface area contributed by atoms with Crippen LogP contribution in [0.3, 0.4) is 0 Å². The van der Waals surface area contributed by atoms with Crippen molar-refractivity contribution in [3.8, 4) is 0 Å². The van der Waals surface area contributed by atoms with Crippen molar-refractivity contribution in [3.05, 3.63) is 42.5 Å². The molecule has 1 fully saturated rings. The Morgan fingerprint density at radius 1 is 1.31 bits per heavy atom. The normalized spacial score (nSPS) is 18.8. The van der Waals surface area contributed by atoms with E-state index in [0.717, 1.165) is 26.2 Å². The predicted octanol–water partition coefficient (Wildman–Crippen LogP) is 1.56. The fraction of sp³-hybridized carbons (Fsp3) is 0.364. The first-order valence-electron chi connectivity index (χ1n) is 4.56. The maximum atomic E-state index is 5.05. The molecule has 2 rings (SSSR count). The van der Waals surface area contributed by atoms with Crippen LogP contribution in [0.15, 0.2) is 30.3 Å². The third-order valence-corrected chi connectivity index (χ3v) is 2.15. The van der Waals surface area contributed by atoms with E-state index in [4.69, 9.17) is 4.74 Å². The van der Waals surface area contributed by atoms with Gasteiger partial charge in [0.15, 0.2) is 0 Å². The van der Waals surface area contributed by atoms with Gasteiger partial charge in [-0.3, -0.25) is 4.90 Å². The van der Waals surface area contributed by atoms with Crippen LogP contribution in [0.5, 0.6) is 0 Å². The van der Waals surface area contributed by atoms with E-state index in [9.17, 15) is 0 Å². The van der Waals surface area contributed by atoms with E-state index < -0.39 is 0 Å². The van der Waals surface area contributed by atoms with Crippen LogP contribution >= 0.6 is 0 Å². The highest BCUT2D eigenvalue weighted by atomic mass is 16.5. The summed E-state index contributed by atoms with van der Waals surface area (Å²) >= 11 is 0. The molecule has 2 heteroatoms. The summed E-state index contributed by atoms with van der Waals surface area (Å²) in [5.41, 5.74) is 1.35. The minimum Gasteiger partial charge on any atom is -0.366 e. The second kappa shape index (κ2) is 4.40. The summed E-state index contributed by atoms with van der Waals surface area (Å²) in [5.74, 6) is 0. The number of rotatable bonds is 2. The molecule has 1 saturated heterocycles. The van der Waals surface area contributed by atoms with Gasteiger partial charge in [0, 0.05) is 19.6 Å². The molecule has 1 aliphatic rings. The van der Waals surface area contributed by atoms with Gasteiger partial charge >= 0.3 is 0 Å². The molecule has 0 saturated carbocycles. The van der Waals surface area contributed by atoms with Gasteiger partial charge in [0.1, 0.15) is 6.61 Å². The highest BCUT2D eigenvalue weighted by molar-refractivity contribution is 5.14. The summed E-state index contributed by atoms with van der Waals surface area (Å²) in [6.07, 6.45) is 0. The third-order valence-electron chi connectivity index (χ3n) is 2.15. The van der Waals surface area contributed by atoms with Crippen LogP contribution in [-0.2, 0) is 11.3 Å². The topological polar surface area (TPSA) is 12.5 Å². The van der Waals surface area contributed by atoms with Crippen molar-refractivity contribution in [1.82, 2.24) is 4.90 Å². The fourth-order valence-electron chi connectivity index (χ4n) is 1.44. The van der Waals surface area contributed by atoms with Gasteiger partial charge < -0.3 is 4.74 Å². The van der Waals surface area contributed by atoms with E-state index in [-0.39, 0.29) is 0 Å². The lowest BCUT2D eigenvalue weighted by Gasteiger charge is -2.25. The Balaban J connectivity index is 1.90. The van der Waals surface area contributed by atoms with Gasteiger partial charge in [-0.25, -0.2) is 0 Å². The molecule has 0 aliphatic carbocycles. The van der Waals surface area contributed by atoms with Gasteiger partial charge in [-0.15, -0.1) is 0 Å². The van der Waals surface area contributed by atoms with E-state index in [1.807, 2.05) is 6.07 Å². The molecule has 1 aliphatic heterocycles. The largest absolute Gasteiger partial charge is 0.366 e. The molecule has 0 atom stereocenters. The average molecular weight is 175 g/mol. The van der Waals surface area contributed by atoms with Gasteiger partial charge in [0.25, 0.3) is 0 Å². The van der Waals surface area contributed by atoms with Crippen molar-refractivity contribution in [2.75, 3.05) is 19.7 Å². The molecule has 0 bridgehead atoms. The molecule has 0 N–H and O–H groups in total. The van der Waals surface area contributed by atoms with Crippen LogP contribution in [0.2, 0.25) is 0 Å². The molecule has 1 heterocycles. The summed E-state index contributed by atoms with van der Waals surface area (Å²) in [6, 6.07) is 10.5. The number of hydrogen-bond acceptors (Lipinski definition) is 2. The van der Waals surface area contributed by atoms with Gasteiger partial charge in [-0.05, 0) is 5.56 Å². The van der Waals surface area contributed by atoms with Crippen molar-refractivity contribution in [1.29, 1.82) is 0 Å². The van der Waals surface area contributed by atoms with Crippen LogP contribution in [0.4, 0.5) is 0 Å². The van der Waals surface area contributed by atoms with E-state index in [0.29, 0.717) is 0 Å². The van der Waals surface area contributed by atoms with Gasteiger partial charge in [0.2, 0.25) is 0 Å². The lowest BCUT2D eigenvalue weighted by molar-refractivity contribution is 0.0811. The Hall–Kier alpha value is -0.860. The van der Waals surface area contributed by atoms with Crippen molar-refractivity contribution >= 4 is 0 Å². The fourth-order valence-corrected chi connectivity index (χ4v) is 1.44. The summed E-state index contributed by atoms with van der Waals surface area (Å²) in [6.45, 7) is 6.47. The summed E-state index contributed by atoms with van der Waals surface area (Å²) < 4.78 is 5.05. The minimum atomic E-state index is 0.771. The number of ether oxygens (including phenoxy) is 1. The summed E-state index contributed by atoms with van der Waals surface area (Å²) in [5, 5.41) is 0. The Morgan fingerprint density at radius 3 is 2.85 bits per heavy atom. The Morgan fingerprint density at radius 2 is 2.15 bits per heavy atom. The van der Waals surface area contributed by atoms with Crippen LogP contribution < -0.4 is 0 Å². The van der Waals surface area contributed by atoms with Crippen molar-refractivity contribution in [2.45, 2.75) is 6.54 Å².